The van der Waals surface area contributed by atoms with E-state index in [-0.39, 0.29) is 5.82 Å². The molecule has 1 N–H and O–H groups in total. The van der Waals surface area contributed by atoms with Gasteiger partial charge in [0, 0.05) is 16.6 Å². The normalized spacial score (nSPS) is 10.5. The molecule has 0 aliphatic heterocycles. The highest BCUT2D eigenvalue weighted by Crippen LogP contribution is 2.35. The molecule has 0 amide bonds. The zero-order valence-corrected chi connectivity index (χ0v) is 14.7. The monoisotopic (exact) mass is 356 g/mol. The van der Waals surface area contributed by atoms with Crippen molar-refractivity contribution in [3.63, 3.8) is 0 Å². The molecule has 0 atom stereocenters. The van der Waals surface area contributed by atoms with Gasteiger partial charge in [0.1, 0.15) is 16.9 Å². The summed E-state index contributed by atoms with van der Waals surface area (Å²) in [4.78, 5) is 0. The van der Waals surface area contributed by atoms with E-state index in [0.29, 0.717) is 23.6 Å². The Kier molecular flexibility index (Phi) is 5.05. The van der Waals surface area contributed by atoms with Crippen LogP contribution in [0.3, 0.4) is 0 Å². The summed E-state index contributed by atoms with van der Waals surface area (Å²) < 4.78 is 24.7. The standard InChI is InChI=1S/C19H17FN2O2S/c1-23-16-6-3-12(9-17(16)24-2)7-8-22-19-15(11-21)14-5-4-13(20)10-18(14)25-19/h3-6,9-10,22H,7-8H2,1-2H3. The number of nitriles is 1. The van der Waals surface area contributed by atoms with E-state index in [0.717, 1.165) is 27.1 Å². The SMILES string of the molecule is COc1ccc(CCNc2sc3cc(F)ccc3c2C#N)cc1OC. The second kappa shape index (κ2) is 7.41. The molecule has 0 aliphatic rings. The molecular formula is C19H17FN2O2S. The van der Waals surface area contributed by atoms with E-state index in [2.05, 4.69) is 11.4 Å². The average molecular weight is 356 g/mol. The Bertz CT molecular complexity index is 946. The van der Waals surface area contributed by atoms with Crippen LogP contribution in [0.25, 0.3) is 10.1 Å². The van der Waals surface area contributed by atoms with Gasteiger partial charge in [-0.3, -0.25) is 0 Å². The minimum absolute atomic E-state index is 0.296. The largest absolute Gasteiger partial charge is 0.493 e. The van der Waals surface area contributed by atoms with Gasteiger partial charge in [-0.05, 0) is 42.3 Å². The fraction of sp³-hybridized carbons (Fsp3) is 0.211. The van der Waals surface area contributed by atoms with Crippen LogP contribution in [0.4, 0.5) is 9.39 Å². The lowest BCUT2D eigenvalue weighted by atomic mass is 10.1. The molecule has 2 aromatic carbocycles. The highest BCUT2D eigenvalue weighted by atomic mass is 32.1. The van der Waals surface area contributed by atoms with Crippen molar-refractivity contribution in [3.05, 3.63) is 53.3 Å². The number of nitrogens with zero attached hydrogens (tertiary/aromatic N) is 1. The maximum absolute atomic E-state index is 13.4. The third-order valence-corrected chi connectivity index (χ3v) is 5.02. The van der Waals surface area contributed by atoms with Crippen LogP contribution in [0.5, 0.6) is 11.5 Å². The predicted octanol–water partition coefficient (Wildman–Crippen LogP) is 4.58. The minimum Gasteiger partial charge on any atom is -0.493 e. The molecule has 0 saturated carbocycles. The zero-order valence-electron chi connectivity index (χ0n) is 13.9. The fourth-order valence-corrected chi connectivity index (χ4v) is 3.77. The van der Waals surface area contributed by atoms with Gasteiger partial charge in [0.2, 0.25) is 0 Å². The third kappa shape index (κ3) is 3.52. The Balaban J connectivity index is 1.74. The molecule has 1 aromatic heterocycles. The summed E-state index contributed by atoms with van der Waals surface area (Å²) in [6.45, 7) is 0.652. The van der Waals surface area contributed by atoms with E-state index in [1.54, 1.807) is 20.3 Å². The smallest absolute Gasteiger partial charge is 0.160 e. The van der Waals surface area contributed by atoms with Crippen LogP contribution < -0.4 is 14.8 Å². The minimum atomic E-state index is -0.296. The molecule has 128 valence electrons. The van der Waals surface area contributed by atoms with Crippen molar-refractivity contribution in [2.45, 2.75) is 6.42 Å². The third-order valence-electron chi connectivity index (χ3n) is 3.91. The lowest BCUT2D eigenvalue weighted by Crippen LogP contribution is -2.05. The molecule has 0 spiro atoms. The molecule has 3 rings (SSSR count). The van der Waals surface area contributed by atoms with Gasteiger partial charge in [0.05, 0.1) is 19.8 Å². The average Bonchev–Trinajstić information content (AvgIpc) is 2.97. The van der Waals surface area contributed by atoms with Crippen LogP contribution in [0.2, 0.25) is 0 Å². The number of ether oxygens (including phenoxy) is 2. The topological polar surface area (TPSA) is 54.3 Å². The Labute approximate surface area is 149 Å². The lowest BCUT2D eigenvalue weighted by molar-refractivity contribution is 0.354. The number of methoxy groups -OCH3 is 2. The van der Waals surface area contributed by atoms with Gasteiger partial charge >= 0.3 is 0 Å². The molecule has 0 bridgehead atoms. The van der Waals surface area contributed by atoms with Crippen molar-refractivity contribution in [3.8, 4) is 17.6 Å². The van der Waals surface area contributed by atoms with Gasteiger partial charge in [0.25, 0.3) is 0 Å². The molecule has 4 nitrogen and oxygen atoms in total. The quantitative estimate of drug-likeness (QED) is 0.702. The molecule has 3 aromatic rings. The van der Waals surface area contributed by atoms with Crippen LogP contribution in [0, 0.1) is 17.1 Å². The number of benzene rings is 2. The Hall–Kier alpha value is -2.78. The number of hydrogen-bond acceptors (Lipinski definition) is 5. The number of halogens is 1. The number of anilines is 1. The molecule has 0 fully saturated rings. The summed E-state index contributed by atoms with van der Waals surface area (Å²) in [5.41, 5.74) is 1.66. The highest BCUT2D eigenvalue weighted by Gasteiger charge is 2.12. The van der Waals surface area contributed by atoms with Gasteiger partial charge < -0.3 is 14.8 Å². The number of hydrogen-bond donors (Lipinski definition) is 1. The zero-order chi connectivity index (χ0) is 17.8. The van der Waals surface area contributed by atoms with Gasteiger partial charge in [0.15, 0.2) is 11.5 Å². The Morgan fingerprint density at radius 1 is 1.12 bits per heavy atom. The second-order valence-corrected chi connectivity index (χ2v) is 6.48. The highest BCUT2D eigenvalue weighted by molar-refractivity contribution is 7.23. The van der Waals surface area contributed by atoms with Crippen LogP contribution >= 0.6 is 11.3 Å². The molecule has 0 saturated heterocycles. The predicted molar refractivity (Wildman–Crippen MR) is 98.2 cm³/mol. The summed E-state index contributed by atoms with van der Waals surface area (Å²) >= 11 is 1.39. The van der Waals surface area contributed by atoms with E-state index < -0.39 is 0 Å². The van der Waals surface area contributed by atoms with Crippen molar-refractivity contribution in [1.82, 2.24) is 0 Å². The number of rotatable bonds is 6. The Morgan fingerprint density at radius 3 is 2.64 bits per heavy atom. The van der Waals surface area contributed by atoms with E-state index in [9.17, 15) is 9.65 Å². The first-order chi connectivity index (χ1) is 12.2. The maximum Gasteiger partial charge on any atom is 0.160 e. The summed E-state index contributed by atoms with van der Waals surface area (Å²) in [7, 11) is 3.21. The fourth-order valence-electron chi connectivity index (χ4n) is 2.66. The first kappa shape index (κ1) is 17.1. The van der Waals surface area contributed by atoms with Crippen LogP contribution in [-0.4, -0.2) is 20.8 Å². The molecule has 0 unspecified atom stereocenters. The molecule has 0 aliphatic carbocycles. The molecule has 25 heavy (non-hydrogen) atoms. The first-order valence-electron chi connectivity index (χ1n) is 7.73. The van der Waals surface area contributed by atoms with E-state index in [4.69, 9.17) is 9.47 Å². The van der Waals surface area contributed by atoms with Crippen molar-refractivity contribution in [2.75, 3.05) is 26.1 Å². The van der Waals surface area contributed by atoms with Crippen molar-refractivity contribution in [2.24, 2.45) is 0 Å². The first-order valence-corrected chi connectivity index (χ1v) is 8.55. The second-order valence-electron chi connectivity index (χ2n) is 5.42. The molecule has 0 radical (unpaired) electrons. The maximum atomic E-state index is 13.4. The summed E-state index contributed by atoms with van der Waals surface area (Å²) in [5, 5.41) is 14.2. The van der Waals surface area contributed by atoms with Crippen molar-refractivity contribution in [1.29, 1.82) is 5.26 Å². The number of fused-ring (bicyclic) bond motifs is 1. The van der Waals surface area contributed by atoms with Crippen LogP contribution in [0.15, 0.2) is 36.4 Å². The van der Waals surface area contributed by atoms with Crippen molar-refractivity contribution >= 4 is 26.4 Å². The van der Waals surface area contributed by atoms with Crippen LogP contribution in [0.1, 0.15) is 11.1 Å². The number of thiophene rings is 1. The van der Waals surface area contributed by atoms with Gasteiger partial charge in [-0.1, -0.05) is 6.07 Å². The van der Waals surface area contributed by atoms with Gasteiger partial charge in [-0.2, -0.15) is 5.26 Å². The number of nitrogens with one attached hydrogen (secondary N) is 1. The summed E-state index contributed by atoms with van der Waals surface area (Å²) in [6.07, 6.45) is 0.758. The van der Waals surface area contributed by atoms with Crippen molar-refractivity contribution < 1.29 is 13.9 Å². The molecule has 1 heterocycles. The van der Waals surface area contributed by atoms with E-state index in [1.165, 1.54) is 23.5 Å². The molecular weight excluding hydrogens is 339 g/mol. The summed E-state index contributed by atoms with van der Waals surface area (Å²) in [5.74, 6) is 1.09. The molecule has 6 heteroatoms. The summed E-state index contributed by atoms with van der Waals surface area (Å²) in [6, 6.07) is 12.5. The Morgan fingerprint density at radius 2 is 1.92 bits per heavy atom. The lowest BCUT2D eigenvalue weighted by Gasteiger charge is -2.10. The van der Waals surface area contributed by atoms with E-state index >= 15 is 0 Å². The van der Waals surface area contributed by atoms with Gasteiger partial charge in [-0.15, -0.1) is 11.3 Å². The van der Waals surface area contributed by atoms with E-state index in [1.807, 2.05) is 18.2 Å². The van der Waals surface area contributed by atoms with Gasteiger partial charge in [-0.25, -0.2) is 4.39 Å². The van der Waals surface area contributed by atoms with Crippen LogP contribution in [-0.2, 0) is 6.42 Å².